The van der Waals surface area contributed by atoms with Crippen molar-refractivity contribution in [3.63, 3.8) is 0 Å². The number of hydrogen-bond donors (Lipinski definition) is 2. The largest absolute Gasteiger partial charge is 0.481 e. The standard InChI is InChI=1S/C16H22N2O4/c1-2-17(8-6-16(21)22)13-4-5-14-12(10-13)11-15(20)18(14)7-3-9-19/h4-5,10,19H,2-3,6-9,11H2,1H3,(H,21,22). The summed E-state index contributed by atoms with van der Waals surface area (Å²) in [6.45, 7) is 3.74. The lowest BCUT2D eigenvalue weighted by Gasteiger charge is -2.23. The van der Waals surface area contributed by atoms with Crippen LogP contribution in [0.4, 0.5) is 11.4 Å². The molecule has 2 N–H and O–H groups in total. The number of carboxylic acid groups (broad SMARTS) is 1. The number of aliphatic hydroxyl groups excluding tert-OH is 1. The van der Waals surface area contributed by atoms with Crippen LogP contribution in [0.15, 0.2) is 18.2 Å². The second-order valence-electron chi connectivity index (χ2n) is 5.34. The predicted molar refractivity (Wildman–Crippen MR) is 84.3 cm³/mol. The Morgan fingerprint density at radius 1 is 1.41 bits per heavy atom. The lowest BCUT2D eigenvalue weighted by Crippen LogP contribution is -2.28. The van der Waals surface area contributed by atoms with E-state index in [1.165, 1.54) is 0 Å². The van der Waals surface area contributed by atoms with E-state index in [1.54, 1.807) is 4.90 Å². The van der Waals surface area contributed by atoms with Gasteiger partial charge in [-0.3, -0.25) is 9.59 Å². The second-order valence-corrected chi connectivity index (χ2v) is 5.34. The van der Waals surface area contributed by atoms with Gasteiger partial charge in [-0.05, 0) is 37.1 Å². The summed E-state index contributed by atoms with van der Waals surface area (Å²) in [5.74, 6) is -0.765. The molecule has 6 heteroatoms. The molecular weight excluding hydrogens is 284 g/mol. The van der Waals surface area contributed by atoms with Gasteiger partial charge in [-0.1, -0.05) is 0 Å². The third-order valence-electron chi connectivity index (χ3n) is 3.88. The summed E-state index contributed by atoms with van der Waals surface area (Å²) in [5.41, 5.74) is 2.81. The van der Waals surface area contributed by atoms with Crippen LogP contribution in [0.1, 0.15) is 25.3 Å². The van der Waals surface area contributed by atoms with Gasteiger partial charge in [0.15, 0.2) is 0 Å². The topological polar surface area (TPSA) is 81.1 Å². The van der Waals surface area contributed by atoms with Crippen molar-refractivity contribution in [3.05, 3.63) is 23.8 Å². The van der Waals surface area contributed by atoms with E-state index in [0.29, 0.717) is 32.5 Å². The number of aliphatic hydroxyl groups is 1. The van der Waals surface area contributed by atoms with Crippen molar-refractivity contribution in [2.24, 2.45) is 0 Å². The van der Waals surface area contributed by atoms with Crippen LogP contribution in [0.3, 0.4) is 0 Å². The number of carbonyl (C=O) groups is 2. The molecule has 6 nitrogen and oxygen atoms in total. The molecule has 22 heavy (non-hydrogen) atoms. The van der Waals surface area contributed by atoms with Gasteiger partial charge in [0.25, 0.3) is 0 Å². The van der Waals surface area contributed by atoms with Crippen molar-refractivity contribution in [2.75, 3.05) is 36.0 Å². The summed E-state index contributed by atoms with van der Waals surface area (Å²) in [5, 5.41) is 17.7. The molecule has 1 heterocycles. The zero-order chi connectivity index (χ0) is 16.1. The first-order chi connectivity index (χ1) is 10.6. The maximum Gasteiger partial charge on any atom is 0.305 e. The normalized spacial score (nSPS) is 13.4. The van der Waals surface area contributed by atoms with Crippen molar-refractivity contribution in [1.82, 2.24) is 0 Å². The van der Waals surface area contributed by atoms with Crippen LogP contribution in [0, 0.1) is 0 Å². The lowest BCUT2D eigenvalue weighted by molar-refractivity contribution is -0.136. The molecule has 0 aliphatic carbocycles. The molecule has 1 aromatic carbocycles. The fraction of sp³-hybridized carbons (Fsp3) is 0.500. The number of anilines is 2. The minimum Gasteiger partial charge on any atom is -0.481 e. The van der Waals surface area contributed by atoms with Gasteiger partial charge in [0.1, 0.15) is 0 Å². The number of carbonyl (C=O) groups excluding carboxylic acids is 1. The summed E-state index contributed by atoms with van der Waals surface area (Å²) < 4.78 is 0. The fourth-order valence-corrected chi connectivity index (χ4v) is 2.74. The van der Waals surface area contributed by atoms with Gasteiger partial charge in [-0.2, -0.15) is 0 Å². The molecule has 0 atom stereocenters. The smallest absolute Gasteiger partial charge is 0.305 e. The molecule has 0 spiro atoms. The first-order valence-corrected chi connectivity index (χ1v) is 7.57. The molecule has 0 saturated heterocycles. The lowest BCUT2D eigenvalue weighted by atomic mass is 10.1. The Hall–Kier alpha value is -2.08. The van der Waals surface area contributed by atoms with Gasteiger partial charge in [0.05, 0.1) is 12.8 Å². The first kappa shape index (κ1) is 16.3. The third kappa shape index (κ3) is 3.57. The molecule has 1 aliphatic heterocycles. The van der Waals surface area contributed by atoms with E-state index in [4.69, 9.17) is 10.2 Å². The van der Waals surface area contributed by atoms with Gasteiger partial charge < -0.3 is 20.0 Å². The monoisotopic (exact) mass is 306 g/mol. The van der Waals surface area contributed by atoms with Gasteiger partial charge in [0.2, 0.25) is 5.91 Å². The van der Waals surface area contributed by atoms with Crippen molar-refractivity contribution >= 4 is 23.3 Å². The molecule has 0 radical (unpaired) electrons. The van der Waals surface area contributed by atoms with E-state index in [0.717, 1.165) is 16.9 Å². The number of benzene rings is 1. The maximum atomic E-state index is 12.1. The van der Waals surface area contributed by atoms with Gasteiger partial charge in [0, 0.05) is 37.6 Å². The van der Waals surface area contributed by atoms with Crippen LogP contribution in [0.25, 0.3) is 0 Å². The summed E-state index contributed by atoms with van der Waals surface area (Å²) in [4.78, 5) is 26.5. The summed E-state index contributed by atoms with van der Waals surface area (Å²) in [6, 6.07) is 5.81. The highest BCUT2D eigenvalue weighted by Crippen LogP contribution is 2.32. The van der Waals surface area contributed by atoms with Crippen LogP contribution in [0.2, 0.25) is 0 Å². The van der Waals surface area contributed by atoms with Crippen LogP contribution in [-0.4, -0.2) is 48.3 Å². The Kier molecular flexibility index (Phi) is 5.38. The van der Waals surface area contributed by atoms with E-state index in [2.05, 4.69) is 0 Å². The number of fused-ring (bicyclic) bond motifs is 1. The average molecular weight is 306 g/mol. The summed E-state index contributed by atoms with van der Waals surface area (Å²) in [7, 11) is 0. The zero-order valence-electron chi connectivity index (χ0n) is 12.8. The van der Waals surface area contributed by atoms with Crippen LogP contribution < -0.4 is 9.80 Å². The highest BCUT2D eigenvalue weighted by molar-refractivity contribution is 6.01. The summed E-state index contributed by atoms with van der Waals surface area (Å²) in [6.07, 6.45) is 1.02. The number of amides is 1. The first-order valence-electron chi connectivity index (χ1n) is 7.57. The predicted octanol–water partition coefficient (Wildman–Crippen LogP) is 1.26. The minimum absolute atomic E-state index is 0.0502. The highest BCUT2D eigenvalue weighted by atomic mass is 16.4. The molecule has 0 aromatic heterocycles. The number of carboxylic acids is 1. The fourth-order valence-electron chi connectivity index (χ4n) is 2.74. The number of aliphatic carboxylic acids is 1. The molecule has 120 valence electrons. The van der Waals surface area contributed by atoms with Crippen LogP contribution in [0.5, 0.6) is 0 Å². The Morgan fingerprint density at radius 3 is 2.82 bits per heavy atom. The SMILES string of the molecule is CCN(CCC(=O)O)c1ccc2c(c1)CC(=O)N2CCCO. The van der Waals surface area contributed by atoms with E-state index in [1.807, 2.05) is 30.0 Å². The van der Waals surface area contributed by atoms with E-state index in [-0.39, 0.29) is 18.9 Å². The molecule has 1 aromatic rings. The Balaban J connectivity index is 2.16. The van der Waals surface area contributed by atoms with E-state index < -0.39 is 5.97 Å². The Labute approximate surface area is 130 Å². The quantitative estimate of drug-likeness (QED) is 0.755. The molecule has 0 fully saturated rings. The molecular formula is C16H22N2O4. The van der Waals surface area contributed by atoms with E-state index >= 15 is 0 Å². The number of nitrogens with zero attached hydrogens (tertiary/aromatic N) is 2. The van der Waals surface area contributed by atoms with Crippen molar-refractivity contribution < 1.29 is 19.8 Å². The van der Waals surface area contributed by atoms with Gasteiger partial charge in [-0.15, -0.1) is 0 Å². The average Bonchev–Trinajstić information content (AvgIpc) is 2.80. The zero-order valence-corrected chi connectivity index (χ0v) is 12.8. The minimum atomic E-state index is -0.815. The molecule has 1 amide bonds. The van der Waals surface area contributed by atoms with E-state index in [9.17, 15) is 9.59 Å². The van der Waals surface area contributed by atoms with Crippen LogP contribution >= 0.6 is 0 Å². The summed E-state index contributed by atoms with van der Waals surface area (Å²) >= 11 is 0. The van der Waals surface area contributed by atoms with Crippen molar-refractivity contribution in [1.29, 1.82) is 0 Å². The number of hydrogen-bond acceptors (Lipinski definition) is 4. The third-order valence-corrected chi connectivity index (χ3v) is 3.88. The van der Waals surface area contributed by atoms with Crippen molar-refractivity contribution in [3.8, 4) is 0 Å². The van der Waals surface area contributed by atoms with Gasteiger partial charge >= 0.3 is 5.97 Å². The Morgan fingerprint density at radius 2 is 2.18 bits per heavy atom. The number of rotatable bonds is 8. The molecule has 2 rings (SSSR count). The molecule has 0 saturated carbocycles. The van der Waals surface area contributed by atoms with Crippen molar-refractivity contribution in [2.45, 2.75) is 26.2 Å². The molecule has 0 bridgehead atoms. The molecule has 0 unspecified atom stereocenters. The maximum absolute atomic E-state index is 12.1. The highest BCUT2D eigenvalue weighted by Gasteiger charge is 2.27. The van der Waals surface area contributed by atoms with Gasteiger partial charge in [-0.25, -0.2) is 0 Å². The van der Waals surface area contributed by atoms with Crippen LogP contribution in [-0.2, 0) is 16.0 Å². The Bertz CT molecular complexity index is 559. The molecule has 1 aliphatic rings. The second kappa shape index (κ2) is 7.26.